The Bertz CT molecular complexity index is 772. The number of hydrogen-bond donors (Lipinski definition) is 1. The van der Waals surface area contributed by atoms with E-state index in [1.54, 1.807) is 13.2 Å². The van der Waals surface area contributed by atoms with Crippen molar-refractivity contribution in [3.8, 4) is 5.75 Å². The van der Waals surface area contributed by atoms with E-state index in [1.807, 2.05) is 38.1 Å². The summed E-state index contributed by atoms with van der Waals surface area (Å²) in [5, 5.41) is 2.92. The van der Waals surface area contributed by atoms with Crippen LogP contribution >= 0.6 is 38.5 Å². The molecule has 0 unspecified atom stereocenters. The van der Waals surface area contributed by atoms with Gasteiger partial charge in [0.15, 0.2) is 0 Å². The number of carbonyl (C=O) groups excluding carboxylic acids is 1. The van der Waals surface area contributed by atoms with Crippen molar-refractivity contribution in [3.63, 3.8) is 0 Å². The normalized spacial score (nSPS) is 10.8. The predicted molar refractivity (Wildman–Crippen MR) is 107 cm³/mol. The van der Waals surface area contributed by atoms with Gasteiger partial charge in [0, 0.05) is 25.4 Å². The SMILES string of the molecule is COc1ccc(Br)cc1/C=C/C(=O)Nc1cc(C)c(I)cc1C. The minimum absolute atomic E-state index is 0.171. The summed E-state index contributed by atoms with van der Waals surface area (Å²) in [6, 6.07) is 9.71. The summed E-state index contributed by atoms with van der Waals surface area (Å²) in [5.74, 6) is 0.550. The molecule has 0 heterocycles. The smallest absolute Gasteiger partial charge is 0.248 e. The van der Waals surface area contributed by atoms with E-state index in [0.29, 0.717) is 0 Å². The van der Waals surface area contributed by atoms with E-state index in [-0.39, 0.29) is 5.91 Å². The number of benzene rings is 2. The van der Waals surface area contributed by atoms with Crippen LogP contribution in [0.15, 0.2) is 40.9 Å². The molecule has 2 rings (SSSR count). The molecule has 2 aromatic carbocycles. The third kappa shape index (κ3) is 4.81. The van der Waals surface area contributed by atoms with Gasteiger partial charge in [0.25, 0.3) is 0 Å². The number of halogens is 2. The molecule has 0 saturated carbocycles. The lowest BCUT2D eigenvalue weighted by Crippen LogP contribution is -2.09. The van der Waals surface area contributed by atoms with Crippen molar-refractivity contribution in [1.29, 1.82) is 0 Å². The zero-order valence-electron chi connectivity index (χ0n) is 13.1. The zero-order chi connectivity index (χ0) is 17.0. The second-order valence-electron chi connectivity index (χ2n) is 5.13. The van der Waals surface area contributed by atoms with E-state index in [9.17, 15) is 4.79 Å². The van der Waals surface area contributed by atoms with E-state index in [2.05, 4.69) is 49.9 Å². The molecule has 2 aromatic rings. The molecule has 5 heteroatoms. The van der Waals surface area contributed by atoms with Crippen LogP contribution in [0.4, 0.5) is 5.69 Å². The maximum absolute atomic E-state index is 12.2. The van der Waals surface area contributed by atoms with Crippen LogP contribution in [0.2, 0.25) is 0 Å². The summed E-state index contributed by atoms with van der Waals surface area (Å²) in [5.41, 5.74) is 3.86. The number of anilines is 1. The number of ether oxygens (including phenoxy) is 1. The Morgan fingerprint density at radius 3 is 2.65 bits per heavy atom. The first kappa shape index (κ1) is 18.0. The Labute approximate surface area is 158 Å². The van der Waals surface area contributed by atoms with Gasteiger partial charge in [0.2, 0.25) is 5.91 Å². The van der Waals surface area contributed by atoms with Crippen molar-refractivity contribution in [2.45, 2.75) is 13.8 Å². The first-order chi connectivity index (χ1) is 10.9. The third-order valence-electron chi connectivity index (χ3n) is 3.37. The average Bonchev–Trinajstić information content (AvgIpc) is 2.50. The topological polar surface area (TPSA) is 38.3 Å². The van der Waals surface area contributed by atoms with E-state index in [0.717, 1.165) is 32.6 Å². The lowest BCUT2D eigenvalue weighted by atomic mass is 10.1. The Morgan fingerprint density at radius 1 is 1.22 bits per heavy atom. The molecule has 0 aliphatic carbocycles. The van der Waals surface area contributed by atoms with E-state index in [1.165, 1.54) is 9.65 Å². The van der Waals surface area contributed by atoms with Gasteiger partial charge in [-0.3, -0.25) is 4.79 Å². The standard InChI is InChI=1S/C18H17BrINO2/c1-11-9-16(12(2)8-15(11)20)21-18(22)7-4-13-10-14(19)5-6-17(13)23-3/h4-10H,1-3H3,(H,21,22)/b7-4+. The molecule has 0 aromatic heterocycles. The Balaban J connectivity index is 2.17. The minimum Gasteiger partial charge on any atom is -0.496 e. The van der Waals surface area contributed by atoms with Crippen molar-refractivity contribution >= 4 is 56.2 Å². The average molecular weight is 486 g/mol. The molecule has 120 valence electrons. The number of methoxy groups -OCH3 is 1. The van der Waals surface area contributed by atoms with Gasteiger partial charge in [0.05, 0.1) is 7.11 Å². The first-order valence-corrected chi connectivity index (χ1v) is 8.87. The highest BCUT2D eigenvalue weighted by atomic mass is 127. The summed E-state index contributed by atoms with van der Waals surface area (Å²) >= 11 is 5.71. The molecule has 0 aliphatic heterocycles. The van der Waals surface area contributed by atoms with E-state index < -0.39 is 0 Å². The molecule has 0 saturated heterocycles. The highest BCUT2D eigenvalue weighted by Crippen LogP contribution is 2.25. The molecular weight excluding hydrogens is 469 g/mol. The first-order valence-electron chi connectivity index (χ1n) is 7.00. The summed E-state index contributed by atoms with van der Waals surface area (Å²) in [4.78, 5) is 12.2. The van der Waals surface area contributed by atoms with Crippen LogP contribution in [0, 0.1) is 17.4 Å². The minimum atomic E-state index is -0.171. The van der Waals surface area contributed by atoms with Crippen molar-refractivity contribution in [3.05, 3.63) is 61.1 Å². The number of aryl methyl sites for hydroxylation is 2. The molecule has 1 N–H and O–H groups in total. The van der Waals surface area contributed by atoms with Crippen molar-refractivity contribution in [2.75, 3.05) is 12.4 Å². The fourth-order valence-electron chi connectivity index (χ4n) is 2.09. The largest absolute Gasteiger partial charge is 0.496 e. The van der Waals surface area contributed by atoms with Crippen LogP contribution in [0.5, 0.6) is 5.75 Å². The lowest BCUT2D eigenvalue weighted by molar-refractivity contribution is -0.111. The van der Waals surface area contributed by atoms with Gasteiger partial charge in [-0.2, -0.15) is 0 Å². The highest BCUT2D eigenvalue weighted by molar-refractivity contribution is 14.1. The molecule has 0 atom stereocenters. The fraction of sp³-hybridized carbons (Fsp3) is 0.167. The summed E-state index contributed by atoms with van der Waals surface area (Å²) < 4.78 is 7.41. The van der Waals surface area contributed by atoms with Crippen LogP contribution in [0.3, 0.4) is 0 Å². The summed E-state index contributed by atoms with van der Waals surface area (Å²) in [7, 11) is 1.61. The predicted octanol–water partition coefficient (Wildman–Crippen LogP) is 5.33. The maximum Gasteiger partial charge on any atom is 0.248 e. The summed E-state index contributed by atoms with van der Waals surface area (Å²) in [6.07, 6.45) is 3.25. The highest BCUT2D eigenvalue weighted by Gasteiger charge is 2.06. The molecule has 0 aliphatic rings. The Hall–Kier alpha value is -1.34. The van der Waals surface area contributed by atoms with Crippen molar-refractivity contribution in [2.24, 2.45) is 0 Å². The molecular formula is C18H17BrINO2. The van der Waals surface area contributed by atoms with Gasteiger partial charge in [-0.25, -0.2) is 0 Å². The number of amides is 1. The van der Waals surface area contributed by atoms with Gasteiger partial charge in [-0.05, 0) is 84.0 Å². The summed E-state index contributed by atoms with van der Waals surface area (Å²) in [6.45, 7) is 4.01. The lowest BCUT2D eigenvalue weighted by Gasteiger charge is -2.09. The second kappa shape index (κ2) is 7.97. The second-order valence-corrected chi connectivity index (χ2v) is 7.20. The third-order valence-corrected chi connectivity index (χ3v) is 5.02. The fourth-order valence-corrected chi connectivity index (χ4v) is 3.09. The quantitative estimate of drug-likeness (QED) is 0.469. The maximum atomic E-state index is 12.2. The van der Waals surface area contributed by atoms with Crippen LogP contribution in [-0.4, -0.2) is 13.0 Å². The van der Waals surface area contributed by atoms with E-state index >= 15 is 0 Å². The van der Waals surface area contributed by atoms with Gasteiger partial charge >= 0.3 is 0 Å². The van der Waals surface area contributed by atoms with Crippen LogP contribution in [-0.2, 0) is 4.79 Å². The molecule has 3 nitrogen and oxygen atoms in total. The van der Waals surface area contributed by atoms with Crippen molar-refractivity contribution < 1.29 is 9.53 Å². The van der Waals surface area contributed by atoms with Crippen LogP contribution in [0.25, 0.3) is 6.08 Å². The molecule has 0 radical (unpaired) electrons. The number of hydrogen-bond acceptors (Lipinski definition) is 2. The molecule has 23 heavy (non-hydrogen) atoms. The molecule has 0 fully saturated rings. The Morgan fingerprint density at radius 2 is 1.96 bits per heavy atom. The number of nitrogens with one attached hydrogen (secondary N) is 1. The number of rotatable bonds is 4. The monoisotopic (exact) mass is 485 g/mol. The van der Waals surface area contributed by atoms with Gasteiger partial charge in [0.1, 0.15) is 5.75 Å². The molecule has 0 spiro atoms. The van der Waals surface area contributed by atoms with Crippen molar-refractivity contribution in [1.82, 2.24) is 0 Å². The van der Waals surface area contributed by atoms with Crippen LogP contribution in [0.1, 0.15) is 16.7 Å². The van der Waals surface area contributed by atoms with Crippen LogP contribution < -0.4 is 10.1 Å². The number of carbonyl (C=O) groups is 1. The van der Waals surface area contributed by atoms with Gasteiger partial charge < -0.3 is 10.1 Å². The van der Waals surface area contributed by atoms with Gasteiger partial charge in [-0.15, -0.1) is 0 Å². The molecule has 1 amide bonds. The zero-order valence-corrected chi connectivity index (χ0v) is 16.9. The van der Waals surface area contributed by atoms with Gasteiger partial charge in [-0.1, -0.05) is 15.9 Å². The Kier molecular flexibility index (Phi) is 6.24. The molecule has 0 bridgehead atoms. The van der Waals surface area contributed by atoms with E-state index in [4.69, 9.17) is 4.74 Å².